The molecule has 9 atom stereocenters. The number of nitriles is 1. The van der Waals surface area contributed by atoms with Crippen LogP contribution in [0.15, 0.2) is 11.6 Å². The third kappa shape index (κ3) is 2.91. The van der Waals surface area contributed by atoms with Crippen LogP contribution in [-0.2, 0) is 14.4 Å². The van der Waals surface area contributed by atoms with E-state index in [9.17, 15) is 24.8 Å². The number of nitrogens with zero attached hydrogens (tertiary/aromatic N) is 1. The van der Waals surface area contributed by atoms with Crippen molar-refractivity contribution in [3.8, 4) is 6.07 Å². The quantitative estimate of drug-likeness (QED) is 0.458. The summed E-state index contributed by atoms with van der Waals surface area (Å²) in [6, 6.07) is 2.29. The fourth-order valence-electron chi connectivity index (χ4n) is 10.5. The number of hydrogen-bond donors (Lipinski definition) is 1. The van der Waals surface area contributed by atoms with Gasteiger partial charge in [-0.05, 0) is 97.9 Å². The topological polar surface area (TPSA) is 95.2 Å². The summed E-state index contributed by atoms with van der Waals surface area (Å²) in [5.74, 6) is -1.29. The molecule has 4 fully saturated rings. The van der Waals surface area contributed by atoms with E-state index in [-0.39, 0.29) is 45.6 Å². The molecule has 5 rings (SSSR count). The highest BCUT2D eigenvalue weighted by atomic mass is 16.4. The van der Waals surface area contributed by atoms with Crippen LogP contribution in [0.25, 0.3) is 0 Å². The zero-order chi connectivity index (χ0) is 26.7. The smallest absolute Gasteiger partial charge is 0.309 e. The average Bonchev–Trinajstić information content (AvgIpc) is 2.78. The van der Waals surface area contributed by atoms with Crippen molar-refractivity contribution in [2.75, 3.05) is 0 Å². The maximum atomic E-state index is 14.3. The zero-order valence-corrected chi connectivity index (χ0v) is 23.2. The number of ketones is 2. The van der Waals surface area contributed by atoms with Crippen LogP contribution in [0.2, 0.25) is 0 Å². The summed E-state index contributed by atoms with van der Waals surface area (Å²) in [6.07, 6.45) is 8.35. The van der Waals surface area contributed by atoms with Gasteiger partial charge in [0.05, 0.1) is 11.5 Å². The molecule has 0 aromatic heterocycles. The summed E-state index contributed by atoms with van der Waals surface area (Å²) in [5, 5.41) is 20.0. The van der Waals surface area contributed by atoms with Crippen molar-refractivity contribution in [2.45, 2.75) is 99.8 Å². The van der Waals surface area contributed by atoms with Gasteiger partial charge in [0, 0.05) is 11.3 Å². The van der Waals surface area contributed by atoms with Crippen LogP contribution in [0.1, 0.15) is 99.8 Å². The minimum atomic E-state index is -0.762. The SMILES string of the molecule is CC1(C(=O)O)CC[C@]2(C)CC[C@]3(C)C(=CC(=O)[C@@H]4[C@@]5(C)C[C@@H](C#N)C(=O)C(C)(C)[C@@H]5CC[C@]43C)[C@H]2C1. The first kappa shape index (κ1) is 25.7. The molecule has 0 aromatic rings. The lowest BCUT2D eigenvalue weighted by Gasteiger charge is -2.70. The van der Waals surface area contributed by atoms with Crippen LogP contribution >= 0.6 is 0 Å². The fraction of sp³-hybridized carbons (Fsp3) is 0.806. The van der Waals surface area contributed by atoms with E-state index in [0.717, 1.165) is 32.1 Å². The van der Waals surface area contributed by atoms with Gasteiger partial charge in [-0.1, -0.05) is 47.1 Å². The summed E-state index contributed by atoms with van der Waals surface area (Å²) < 4.78 is 0. The van der Waals surface area contributed by atoms with Gasteiger partial charge in [0.25, 0.3) is 0 Å². The highest BCUT2D eigenvalue weighted by Crippen LogP contribution is 2.75. The molecule has 5 nitrogen and oxygen atoms in total. The van der Waals surface area contributed by atoms with E-state index in [1.54, 1.807) is 0 Å². The Kier molecular flexibility index (Phi) is 5.23. The Morgan fingerprint density at radius 1 is 0.972 bits per heavy atom. The summed E-state index contributed by atoms with van der Waals surface area (Å²) in [4.78, 5) is 39.8. The van der Waals surface area contributed by atoms with E-state index >= 15 is 0 Å². The molecule has 196 valence electrons. The molecule has 0 radical (unpaired) electrons. The van der Waals surface area contributed by atoms with Gasteiger partial charge in [0.15, 0.2) is 11.6 Å². The fourth-order valence-corrected chi connectivity index (χ4v) is 10.5. The van der Waals surface area contributed by atoms with E-state index in [0.29, 0.717) is 19.3 Å². The van der Waals surface area contributed by atoms with Crippen molar-refractivity contribution in [3.05, 3.63) is 11.6 Å². The van der Waals surface area contributed by atoms with Crippen LogP contribution in [0.4, 0.5) is 0 Å². The second-order valence-corrected chi connectivity index (χ2v) is 15.0. The molecule has 0 heterocycles. The highest BCUT2D eigenvalue weighted by Gasteiger charge is 2.71. The van der Waals surface area contributed by atoms with Gasteiger partial charge in [-0.2, -0.15) is 5.26 Å². The first-order chi connectivity index (χ1) is 16.5. The number of carboxylic acid groups (broad SMARTS) is 1. The zero-order valence-electron chi connectivity index (χ0n) is 23.2. The molecule has 0 aliphatic heterocycles. The van der Waals surface area contributed by atoms with E-state index in [1.165, 1.54) is 5.57 Å². The lowest BCUT2D eigenvalue weighted by molar-refractivity contribution is -0.191. The van der Waals surface area contributed by atoms with Crippen LogP contribution in [0, 0.1) is 67.5 Å². The van der Waals surface area contributed by atoms with Gasteiger partial charge in [-0.15, -0.1) is 0 Å². The standard InChI is InChI=1S/C31H43NO4/c1-26(2)22-8-9-31(7)23(29(22,5)15-18(17-32)24(26)34)21(33)14-19-20-16-28(4,25(35)36)11-10-27(20,3)12-13-30(19,31)6/h14,18,20,22-23H,8-13,15-16H2,1-7H3,(H,35,36)/t18-,20+,22-,23+,27+,28?,29-,30+,31+/m0/s1. The third-order valence-corrected chi connectivity index (χ3v) is 13.0. The Bertz CT molecular complexity index is 1130. The molecule has 0 amide bonds. The Labute approximate surface area is 216 Å². The first-order valence-electron chi connectivity index (χ1n) is 13.9. The Morgan fingerprint density at radius 3 is 2.22 bits per heavy atom. The molecule has 0 spiro atoms. The maximum absolute atomic E-state index is 14.3. The number of hydrogen-bond acceptors (Lipinski definition) is 4. The lowest BCUT2D eigenvalue weighted by atomic mass is 9.33. The summed E-state index contributed by atoms with van der Waals surface area (Å²) in [5.41, 5.74) is -1.08. The van der Waals surface area contributed by atoms with Crippen molar-refractivity contribution in [1.82, 2.24) is 0 Å². The number of aliphatic carboxylic acids is 1. The molecule has 1 N–H and O–H groups in total. The van der Waals surface area contributed by atoms with Gasteiger partial charge in [0.2, 0.25) is 0 Å². The van der Waals surface area contributed by atoms with Crippen molar-refractivity contribution < 1.29 is 19.5 Å². The molecule has 0 bridgehead atoms. The molecular formula is C31H43NO4. The largest absolute Gasteiger partial charge is 0.481 e. The van der Waals surface area contributed by atoms with Crippen molar-refractivity contribution in [3.63, 3.8) is 0 Å². The third-order valence-electron chi connectivity index (χ3n) is 13.0. The second-order valence-electron chi connectivity index (χ2n) is 15.0. The van der Waals surface area contributed by atoms with Gasteiger partial charge >= 0.3 is 5.97 Å². The van der Waals surface area contributed by atoms with Crippen molar-refractivity contribution in [1.29, 1.82) is 5.26 Å². The van der Waals surface area contributed by atoms with E-state index in [2.05, 4.69) is 33.8 Å². The highest BCUT2D eigenvalue weighted by molar-refractivity contribution is 5.97. The summed E-state index contributed by atoms with van der Waals surface area (Å²) in [7, 11) is 0. The minimum absolute atomic E-state index is 0.0238. The number of carbonyl (C=O) groups is 3. The molecule has 0 saturated heterocycles. The molecule has 0 aromatic carbocycles. The molecule has 1 unspecified atom stereocenters. The van der Waals surface area contributed by atoms with Crippen LogP contribution in [-0.4, -0.2) is 22.6 Å². The molecule has 4 saturated carbocycles. The number of allylic oxidation sites excluding steroid dienone is 2. The van der Waals surface area contributed by atoms with Gasteiger partial charge in [0.1, 0.15) is 5.92 Å². The van der Waals surface area contributed by atoms with Crippen molar-refractivity contribution >= 4 is 17.5 Å². The minimum Gasteiger partial charge on any atom is -0.481 e. The average molecular weight is 494 g/mol. The van der Waals surface area contributed by atoms with Crippen LogP contribution in [0.3, 0.4) is 0 Å². The summed E-state index contributed by atoms with van der Waals surface area (Å²) >= 11 is 0. The first-order valence-corrected chi connectivity index (χ1v) is 13.9. The predicted octanol–water partition coefficient (Wildman–Crippen LogP) is 6.37. The molecule has 5 heteroatoms. The van der Waals surface area contributed by atoms with Crippen LogP contribution < -0.4 is 0 Å². The number of fused-ring (bicyclic) bond motifs is 7. The molecule has 5 aliphatic carbocycles. The number of carbonyl (C=O) groups excluding carboxylic acids is 2. The van der Waals surface area contributed by atoms with E-state index in [4.69, 9.17) is 0 Å². The number of Topliss-reactive ketones (excluding diaryl/α,β-unsaturated/α-hetero) is 1. The van der Waals surface area contributed by atoms with Crippen molar-refractivity contribution in [2.24, 2.45) is 56.2 Å². The summed E-state index contributed by atoms with van der Waals surface area (Å²) in [6.45, 7) is 15.0. The van der Waals surface area contributed by atoms with E-state index < -0.39 is 28.1 Å². The monoisotopic (exact) mass is 493 g/mol. The molecule has 36 heavy (non-hydrogen) atoms. The maximum Gasteiger partial charge on any atom is 0.309 e. The lowest BCUT2D eigenvalue weighted by Crippen LogP contribution is -2.67. The molecular weight excluding hydrogens is 450 g/mol. The normalized spacial score (nSPS) is 51.6. The van der Waals surface area contributed by atoms with Gasteiger partial charge in [-0.3, -0.25) is 14.4 Å². The second kappa shape index (κ2) is 7.33. The number of rotatable bonds is 1. The Morgan fingerprint density at radius 2 is 1.61 bits per heavy atom. The van der Waals surface area contributed by atoms with Gasteiger partial charge in [-0.25, -0.2) is 0 Å². The Balaban J connectivity index is 1.65. The molecule has 5 aliphatic rings. The van der Waals surface area contributed by atoms with Gasteiger partial charge < -0.3 is 5.11 Å². The van der Waals surface area contributed by atoms with Crippen LogP contribution in [0.5, 0.6) is 0 Å². The predicted molar refractivity (Wildman–Crippen MR) is 137 cm³/mol. The Hall–Kier alpha value is -1.96. The van der Waals surface area contributed by atoms with E-state index in [1.807, 2.05) is 26.8 Å². The number of carboxylic acids is 1.